The quantitative estimate of drug-likeness (QED) is 0.853. The number of rotatable bonds is 3. The molecule has 0 radical (unpaired) electrons. The van der Waals surface area contributed by atoms with E-state index in [2.05, 4.69) is 4.98 Å². The van der Waals surface area contributed by atoms with Crippen LogP contribution >= 0.6 is 0 Å². The van der Waals surface area contributed by atoms with Crippen molar-refractivity contribution in [2.45, 2.75) is 32.5 Å². The van der Waals surface area contributed by atoms with Gasteiger partial charge in [-0.3, -0.25) is 4.79 Å². The molecule has 3 rings (SSSR count). The number of carbonyl (C=O) groups is 1. The molecule has 0 spiro atoms. The Morgan fingerprint density at radius 2 is 1.89 bits per heavy atom. The van der Waals surface area contributed by atoms with Gasteiger partial charge >= 0.3 is 6.18 Å². The fourth-order valence-corrected chi connectivity index (χ4v) is 3.12. The Hall–Kier alpha value is -2.61. The van der Waals surface area contributed by atoms with Gasteiger partial charge in [0, 0.05) is 37.0 Å². The van der Waals surface area contributed by atoms with Gasteiger partial charge in [0.05, 0.1) is 5.56 Å². The van der Waals surface area contributed by atoms with Crippen molar-refractivity contribution < 1.29 is 22.7 Å². The lowest BCUT2D eigenvalue weighted by molar-refractivity contribution is -0.137. The van der Waals surface area contributed by atoms with Crippen molar-refractivity contribution in [1.82, 2.24) is 9.88 Å². The Labute approximate surface area is 161 Å². The maximum Gasteiger partial charge on any atom is 0.417 e. The fraction of sp³-hybridized carbons (Fsp3) is 0.400. The zero-order valence-corrected chi connectivity index (χ0v) is 15.7. The highest BCUT2D eigenvalue weighted by Crippen LogP contribution is 2.31. The van der Waals surface area contributed by atoms with Crippen molar-refractivity contribution in [3.63, 3.8) is 0 Å². The van der Waals surface area contributed by atoms with Crippen LogP contribution in [-0.4, -0.2) is 34.9 Å². The van der Waals surface area contributed by atoms with Gasteiger partial charge in [0.2, 0.25) is 5.88 Å². The van der Waals surface area contributed by atoms with E-state index in [0.29, 0.717) is 24.4 Å². The van der Waals surface area contributed by atoms with E-state index < -0.39 is 11.7 Å². The van der Waals surface area contributed by atoms with E-state index in [0.717, 1.165) is 24.8 Å². The van der Waals surface area contributed by atoms with E-state index in [-0.39, 0.29) is 23.2 Å². The number of likely N-dealkylation sites (tertiary alicyclic amines) is 1. The van der Waals surface area contributed by atoms with Crippen molar-refractivity contribution in [3.8, 4) is 11.6 Å². The monoisotopic (exact) mass is 393 g/mol. The summed E-state index contributed by atoms with van der Waals surface area (Å²) < 4.78 is 43.2. The number of benzene rings is 1. The minimum Gasteiger partial charge on any atom is -0.439 e. The zero-order valence-electron chi connectivity index (χ0n) is 15.7. The SMILES string of the molecule is CC1(C)CN(C(=O)c2ccc(Oc3ccc(C(F)(F)F)cn3)cc2)CCC1N. The molecule has 2 heterocycles. The number of piperidine rings is 1. The summed E-state index contributed by atoms with van der Waals surface area (Å²) in [5.74, 6) is 0.336. The molecule has 28 heavy (non-hydrogen) atoms. The summed E-state index contributed by atoms with van der Waals surface area (Å²) in [5.41, 5.74) is 5.64. The third kappa shape index (κ3) is 4.44. The highest BCUT2D eigenvalue weighted by molar-refractivity contribution is 5.94. The van der Waals surface area contributed by atoms with Crippen LogP contribution in [0.1, 0.15) is 36.2 Å². The predicted octanol–water partition coefficient (Wildman–Crippen LogP) is 4.09. The number of hydrogen-bond acceptors (Lipinski definition) is 4. The molecule has 8 heteroatoms. The number of pyridine rings is 1. The lowest BCUT2D eigenvalue weighted by atomic mass is 9.79. The molecule has 1 aromatic heterocycles. The van der Waals surface area contributed by atoms with Gasteiger partial charge < -0.3 is 15.4 Å². The van der Waals surface area contributed by atoms with E-state index in [1.807, 2.05) is 13.8 Å². The molecule has 1 amide bonds. The lowest BCUT2D eigenvalue weighted by Crippen LogP contribution is -2.53. The summed E-state index contributed by atoms with van der Waals surface area (Å²) in [6.07, 6.45) is -2.98. The van der Waals surface area contributed by atoms with Gasteiger partial charge in [0.25, 0.3) is 5.91 Å². The second-order valence-corrected chi connectivity index (χ2v) is 7.62. The molecule has 1 aliphatic heterocycles. The summed E-state index contributed by atoms with van der Waals surface area (Å²) in [5, 5.41) is 0. The Morgan fingerprint density at radius 3 is 2.43 bits per heavy atom. The van der Waals surface area contributed by atoms with Crippen LogP contribution in [0, 0.1) is 5.41 Å². The molecular weight excluding hydrogens is 371 g/mol. The van der Waals surface area contributed by atoms with Crippen molar-refractivity contribution >= 4 is 5.91 Å². The maximum atomic E-state index is 12.7. The van der Waals surface area contributed by atoms with E-state index in [4.69, 9.17) is 10.5 Å². The number of nitrogens with zero attached hydrogens (tertiary/aromatic N) is 2. The molecule has 150 valence electrons. The average molecular weight is 393 g/mol. The van der Waals surface area contributed by atoms with Gasteiger partial charge in [-0.05, 0) is 42.2 Å². The van der Waals surface area contributed by atoms with E-state index >= 15 is 0 Å². The first kappa shape index (κ1) is 20.1. The summed E-state index contributed by atoms with van der Waals surface area (Å²) in [6, 6.07) is 8.56. The standard InChI is InChI=1S/C20H22F3N3O2/c1-19(2)12-26(10-9-16(19)24)18(27)13-3-6-15(7-4-13)28-17-8-5-14(11-25-17)20(21,22)23/h3-8,11,16H,9-10,12,24H2,1-2H3. The summed E-state index contributed by atoms with van der Waals surface area (Å²) in [7, 11) is 0. The third-order valence-electron chi connectivity index (χ3n) is 4.99. The summed E-state index contributed by atoms with van der Waals surface area (Å²) in [6.45, 7) is 5.29. The first-order chi connectivity index (χ1) is 13.1. The van der Waals surface area contributed by atoms with Gasteiger partial charge in [0.1, 0.15) is 5.75 Å². The molecule has 1 aliphatic rings. The molecule has 5 nitrogen and oxygen atoms in total. The first-order valence-electron chi connectivity index (χ1n) is 8.92. The zero-order chi connectivity index (χ0) is 20.5. The molecule has 0 bridgehead atoms. The van der Waals surface area contributed by atoms with Gasteiger partial charge in [-0.2, -0.15) is 13.2 Å². The Kier molecular flexibility index (Phi) is 5.34. The number of nitrogens with two attached hydrogens (primary N) is 1. The molecule has 2 aromatic rings. The Bertz CT molecular complexity index is 833. The summed E-state index contributed by atoms with van der Waals surface area (Å²) in [4.78, 5) is 18.2. The number of alkyl halides is 3. The van der Waals surface area contributed by atoms with Crippen LogP contribution < -0.4 is 10.5 Å². The molecule has 1 saturated heterocycles. The average Bonchev–Trinajstić information content (AvgIpc) is 2.64. The highest BCUT2D eigenvalue weighted by atomic mass is 19.4. The van der Waals surface area contributed by atoms with Gasteiger partial charge in [-0.1, -0.05) is 13.8 Å². The molecule has 1 unspecified atom stereocenters. The van der Waals surface area contributed by atoms with Crippen LogP contribution in [0.25, 0.3) is 0 Å². The number of carbonyl (C=O) groups excluding carboxylic acids is 1. The maximum absolute atomic E-state index is 12.7. The number of halogens is 3. The van der Waals surface area contributed by atoms with Crippen molar-refractivity contribution in [1.29, 1.82) is 0 Å². The topological polar surface area (TPSA) is 68.5 Å². The van der Waals surface area contributed by atoms with E-state index in [1.165, 1.54) is 0 Å². The Balaban J connectivity index is 1.66. The highest BCUT2D eigenvalue weighted by Gasteiger charge is 2.35. The van der Waals surface area contributed by atoms with Crippen molar-refractivity contribution in [2.75, 3.05) is 13.1 Å². The fourth-order valence-electron chi connectivity index (χ4n) is 3.12. The molecular formula is C20H22F3N3O2. The molecule has 1 aromatic carbocycles. The molecule has 0 saturated carbocycles. The van der Waals surface area contributed by atoms with Gasteiger partial charge in [0.15, 0.2) is 0 Å². The number of aromatic nitrogens is 1. The third-order valence-corrected chi connectivity index (χ3v) is 4.99. The van der Waals surface area contributed by atoms with Crippen LogP contribution in [0.5, 0.6) is 11.6 Å². The molecule has 1 fully saturated rings. The molecule has 0 aliphatic carbocycles. The smallest absolute Gasteiger partial charge is 0.417 e. The van der Waals surface area contributed by atoms with Crippen LogP contribution in [0.2, 0.25) is 0 Å². The van der Waals surface area contributed by atoms with Crippen LogP contribution in [-0.2, 0) is 6.18 Å². The molecule has 1 atom stereocenters. The van der Waals surface area contributed by atoms with E-state index in [9.17, 15) is 18.0 Å². The van der Waals surface area contributed by atoms with E-state index in [1.54, 1.807) is 29.2 Å². The minimum absolute atomic E-state index is 0.0406. The predicted molar refractivity (Wildman–Crippen MR) is 98.0 cm³/mol. The van der Waals surface area contributed by atoms with Crippen LogP contribution in [0.15, 0.2) is 42.6 Å². The van der Waals surface area contributed by atoms with Gasteiger partial charge in [-0.25, -0.2) is 4.98 Å². The number of amides is 1. The molecule has 2 N–H and O–H groups in total. The second-order valence-electron chi connectivity index (χ2n) is 7.62. The van der Waals surface area contributed by atoms with Crippen LogP contribution in [0.4, 0.5) is 13.2 Å². The lowest BCUT2D eigenvalue weighted by Gasteiger charge is -2.42. The van der Waals surface area contributed by atoms with Gasteiger partial charge in [-0.15, -0.1) is 0 Å². The van der Waals surface area contributed by atoms with Crippen LogP contribution in [0.3, 0.4) is 0 Å². The minimum atomic E-state index is -4.44. The van der Waals surface area contributed by atoms with Crippen molar-refractivity contribution in [3.05, 3.63) is 53.7 Å². The first-order valence-corrected chi connectivity index (χ1v) is 8.92. The largest absolute Gasteiger partial charge is 0.439 e. The Morgan fingerprint density at radius 1 is 1.21 bits per heavy atom. The second kappa shape index (κ2) is 7.43. The summed E-state index contributed by atoms with van der Waals surface area (Å²) >= 11 is 0. The van der Waals surface area contributed by atoms with Crippen molar-refractivity contribution in [2.24, 2.45) is 11.1 Å². The normalized spacial score (nSPS) is 19.4. The number of ether oxygens (including phenoxy) is 1. The number of hydrogen-bond donors (Lipinski definition) is 1.